The fraction of sp³-hybridized carbons (Fsp3) is 0.684. The predicted molar refractivity (Wildman–Crippen MR) is 89.2 cm³/mol. The zero-order valence-corrected chi connectivity index (χ0v) is 13.9. The van der Waals surface area contributed by atoms with Crippen LogP contribution in [0.4, 0.5) is 0 Å². The van der Waals surface area contributed by atoms with E-state index in [9.17, 15) is 0 Å². The largest absolute Gasteiger partial charge is 0.380 e. The van der Waals surface area contributed by atoms with E-state index in [2.05, 4.69) is 43.4 Å². The molecular weight excluding hydrogens is 258 g/mol. The number of hydrogen-bond acceptors (Lipinski definition) is 2. The Labute approximate surface area is 130 Å². The van der Waals surface area contributed by atoms with Crippen molar-refractivity contribution in [1.82, 2.24) is 5.32 Å². The molecule has 0 heterocycles. The summed E-state index contributed by atoms with van der Waals surface area (Å²) in [6.45, 7) is 6.43. The maximum atomic E-state index is 5.21. The van der Waals surface area contributed by atoms with Crippen molar-refractivity contribution in [2.45, 2.75) is 65.1 Å². The van der Waals surface area contributed by atoms with Crippen LogP contribution in [0.15, 0.2) is 24.3 Å². The monoisotopic (exact) mass is 289 g/mol. The van der Waals surface area contributed by atoms with Crippen LogP contribution in [-0.2, 0) is 17.9 Å². The minimum absolute atomic E-state index is 0.694. The Balaban J connectivity index is 1.81. The van der Waals surface area contributed by atoms with Crippen LogP contribution in [-0.4, -0.2) is 13.2 Å². The molecule has 0 bridgehead atoms. The van der Waals surface area contributed by atoms with Crippen LogP contribution in [0.1, 0.15) is 57.1 Å². The molecule has 2 atom stereocenters. The lowest BCUT2D eigenvalue weighted by atomic mass is 9.89. The molecule has 1 aliphatic carbocycles. The molecule has 0 spiro atoms. The molecule has 2 nitrogen and oxygen atoms in total. The highest BCUT2D eigenvalue weighted by Crippen LogP contribution is 2.28. The van der Waals surface area contributed by atoms with Crippen molar-refractivity contribution < 1.29 is 4.74 Å². The van der Waals surface area contributed by atoms with Crippen LogP contribution < -0.4 is 5.32 Å². The molecular formula is C19H31NO. The molecule has 2 rings (SSSR count). The van der Waals surface area contributed by atoms with Crippen LogP contribution in [0.5, 0.6) is 0 Å². The lowest BCUT2D eigenvalue weighted by molar-refractivity contribution is 0.185. The van der Waals surface area contributed by atoms with E-state index in [-0.39, 0.29) is 0 Å². The molecule has 0 saturated heterocycles. The van der Waals surface area contributed by atoms with Gasteiger partial charge in [0.2, 0.25) is 0 Å². The Morgan fingerprint density at radius 2 is 1.95 bits per heavy atom. The first-order valence-corrected chi connectivity index (χ1v) is 8.49. The Morgan fingerprint density at radius 1 is 1.14 bits per heavy atom. The lowest BCUT2D eigenvalue weighted by Crippen LogP contribution is -2.28. The molecule has 2 unspecified atom stereocenters. The first-order valence-electron chi connectivity index (χ1n) is 8.49. The maximum Gasteiger partial charge on any atom is 0.0713 e. The number of methoxy groups -OCH3 is 1. The van der Waals surface area contributed by atoms with Gasteiger partial charge in [-0.25, -0.2) is 0 Å². The summed E-state index contributed by atoms with van der Waals surface area (Å²) in [6, 6.07) is 9.42. The van der Waals surface area contributed by atoms with E-state index in [1.54, 1.807) is 7.11 Å². The smallest absolute Gasteiger partial charge is 0.0713 e. The maximum absolute atomic E-state index is 5.21. The summed E-state index contributed by atoms with van der Waals surface area (Å²) in [5.74, 6) is 1.77. The van der Waals surface area contributed by atoms with Gasteiger partial charge < -0.3 is 10.1 Å². The van der Waals surface area contributed by atoms with Gasteiger partial charge in [0.25, 0.3) is 0 Å². The van der Waals surface area contributed by atoms with Gasteiger partial charge in [0.1, 0.15) is 0 Å². The quantitative estimate of drug-likeness (QED) is 0.777. The molecule has 1 aromatic carbocycles. The normalized spacial score (nSPS) is 23.2. The van der Waals surface area contributed by atoms with E-state index in [0.29, 0.717) is 12.6 Å². The third-order valence-electron chi connectivity index (χ3n) is 4.85. The van der Waals surface area contributed by atoms with Crippen LogP contribution >= 0.6 is 0 Å². The van der Waals surface area contributed by atoms with Crippen molar-refractivity contribution >= 4 is 0 Å². The second kappa shape index (κ2) is 8.55. The number of hydrogen-bond donors (Lipinski definition) is 1. The third kappa shape index (κ3) is 5.44. The Bertz CT molecular complexity index is 416. The van der Waals surface area contributed by atoms with E-state index < -0.39 is 0 Å². The SMILES string of the molecule is COCc1cccc(CNC2CCCC(C(C)C)CC2)c1. The molecule has 0 aromatic heterocycles. The summed E-state index contributed by atoms with van der Waals surface area (Å²) < 4.78 is 5.21. The van der Waals surface area contributed by atoms with Crippen LogP contribution in [0.2, 0.25) is 0 Å². The number of nitrogens with one attached hydrogen (secondary N) is 1. The fourth-order valence-corrected chi connectivity index (χ4v) is 3.46. The van der Waals surface area contributed by atoms with Gasteiger partial charge in [-0.05, 0) is 42.2 Å². The second-order valence-electron chi connectivity index (χ2n) is 6.84. The molecule has 1 aromatic rings. The van der Waals surface area contributed by atoms with Gasteiger partial charge in [-0.2, -0.15) is 0 Å². The summed E-state index contributed by atoms with van der Waals surface area (Å²) >= 11 is 0. The van der Waals surface area contributed by atoms with Gasteiger partial charge in [-0.3, -0.25) is 0 Å². The zero-order valence-electron chi connectivity index (χ0n) is 13.9. The van der Waals surface area contributed by atoms with Gasteiger partial charge >= 0.3 is 0 Å². The highest BCUT2D eigenvalue weighted by Gasteiger charge is 2.20. The van der Waals surface area contributed by atoms with Crippen molar-refractivity contribution in [3.8, 4) is 0 Å². The molecule has 1 aliphatic rings. The van der Waals surface area contributed by atoms with Crippen molar-refractivity contribution in [3.05, 3.63) is 35.4 Å². The van der Waals surface area contributed by atoms with Gasteiger partial charge in [0.05, 0.1) is 6.61 Å². The van der Waals surface area contributed by atoms with Crippen LogP contribution in [0, 0.1) is 11.8 Å². The topological polar surface area (TPSA) is 21.3 Å². The predicted octanol–water partition coefficient (Wildman–Crippen LogP) is 4.53. The Morgan fingerprint density at radius 3 is 2.71 bits per heavy atom. The van der Waals surface area contributed by atoms with Gasteiger partial charge in [-0.15, -0.1) is 0 Å². The first-order chi connectivity index (χ1) is 10.2. The number of benzene rings is 1. The molecule has 1 saturated carbocycles. The molecule has 0 aliphatic heterocycles. The minimum atomic E-state index is 0.694. The van der Waals surface area contributed by atoms with Gasteiger partial charge in [-0.1, -0.05) is 51.0 Å². The molecule has 0 radical (unpaired) electrons. The fourth-order valence-electron chi connectivity index (χ4n) is 3.46. The van der Waals surface area contributed by atoms with Crippen LogP contribution in [0.3, 0.4) is 0 Å². The highest BCUT2D eigenvalue weighted by molar-refractivity contribution is 5.22. The summed E-state index contributed by atoms with van der Waals surface area (Å²) in [5, 5.41) is 3.77. The van der Waals surface area contributed by atoms with Crippen molar-refractivity contribution in [3.63, 3.8) is 0 Å². The van der Waals surface area contributed by atoms with Crippen molar-refractivity contribution in [2.75, 3.05) is 7.11 Å². The van der Waals surface area contributed by atoms with E-state index in [4.69, 9.17) is 4.74 Å². The summed E-state index contributed by atoms with van der Waals surface area (Å²) in [7, 11) is 1.75. The minimum Gasteiger partial charge on any atom is -0.380 e. The second-order valence-corrected chi connectivity index (χ2v) is 6.84. The lowest BCUT2D eigenvalue weighted by Gasteiger charge is -2.19. The molecule has 118 valence electrons. The van der Waals surface area contributed by atoms with Crippen molar-refractivity contribution in [1.29, 1.82) is 0 Å². The molecule has 2 heteroatoms. The molecule has 1 N–H and O–H groups in total. The average Bonchev–Trinajstić information content (AvgIpc) is 2.71. The van der Waals surface area contributed by atoms with E-state index in [1.165, 1.54) is 43.2 Å². The van der Waals surface area contributed by atoms with E-state index >= 15 is 0 Å². The highest BCUT2D eigenvalue weighted by atomic mass is 16.5. The van der Waals surface area contributed by atoms with E-state index in [0.717, 1.165) is 18.4 Å². The zero-order chi connectivity index (χ0) is 15.1. The standard InChI is InChI=1S/C19H31NO/c1-15(2)18-8-5-9-19(11-10-18)20-13-16-6-4-7-17(12-16)14-21-3/h4,6-7,12,15,18-20H,5,8-11,13-14H2,1-3H3. The third-order valence-corrected chi connectivity index (χ3v) is 4.85. The first kappa shape index (κ1) is 16.5. The summed E-state index contributed by atoms with van der Waals surface area (Å²) in [4.78, 5) is 0. The molecule has 0 amide bonds. The summed E-state index contributed by atoms with van der Waals surface area (Å²) in [6.07, 6.45) is 6.85. The molecule has 21 heavy (non-hydrogen) atoms. The summed E-state index contributed by atoms with van der Waals surface area (Å²) in [5.41, 5.74) is 2.63. The number of rotatable bonds is 6. The van der Waals surface area contributed by atoms with Crippen molar-refractivity contribution in [2.24, 2.45) is 11.8 Å². The van der Waals surface area contributed by atoms with E-state index in [1.807, 2.05) is 0 Å². The Hall–Kier alpha value is -0.860. The average molecular weight is 289 g/mol. The van der Waals surface area contributed by atoms with Gasteiger partial charge in [0, 0.05) is 19.7 Å². The molecule has 1 fully saturated rings. The number of ether oxygens (including phenoxy) is 1. The van der Waals surface area contributed by atoms with Crippen LogP contribution in [0.25, 0.3) is 0 Å². The van der Waals surface area contributed by atoms with Gasteiger partial charge in [0.15, 0.2) is 0 Å². The Kier molecular flexibility index (Phi) is 6.72.